The molecule has 0 aromatic heterocycles. The average molecular weight is 241 g/mol. The number of piperidine rings is 1. The fraction of sp³-hybridized carbons (Fsp3) is 0.923. The smallest absolute Gasteiger partial charge is 0.237 e. The summed E-state index contributed by atoms with van der Waals surface area (Å²) in [5.41, 5.74) is 0. The molecular formula is C13H27N3O. The van der Waals surface area contributed by atoms with Gasteiger partial charge in [-0.2, -0.15) is 0 Å². The first-order chi connectivity index (χ1) is 8.10. The summed E-state index contributed by atoms with van der Waals surface area (Å²) in [6, 6.07) is 0.609. The van der Waals surface area contributed by atoms with Gasteiger partial charge >= 0.3 is 0 Å². The van der Waals surface area contributed by atoms with Crippen LogP contribution in [0.5, 0.6) is 0 Å². The van der Waals surface area contributed by atoms with Crippen molar-refractivity contribution in [2.75, 3.05) is 26.2 Å². The summed E-state index contributed by atoms with van der Waals surface area (Å²) in [5.74, 6) is 0.766. The molecule has 2 N–H and O–H groups in total. The number of rotatable bonds is 5. The van der Waals surface area contributed by atoms with Crippen LogP contribution in [0.15, 0.2) is 0 Å². The summed E-state index contributed by atoms with van der Waals surface area (Å²) in [6.45, 7) is 12.2. The number of nitrogens with zero attached hydrogens (tertiary/aromatic N) is 1. The van der Waals surface area contributed by atoms with E-state index in [1.54, 1.807) is 0 Å². The lowest BCUT2D eigenvalue weighted by atomic mass is 9.93. The minimum Gasteiger partial charge on any atom is -0.355 e. The van der Waals surface area contributed by atoms with Crippen molar-refractivity contribution in [3.05, 3.63) is 0 Å². The minimum atomic E-state index is -0.0000217. The van der Waals surface area contributed by atoms with E-state index in [1.807, 2.05) is 13.8 Å². The molecular weight excluding hydrogens is 214 g/mol. The van der Waals surface area contributed by atoms with Crippen LogP contribution < -0.4 is 10.6 Å². The van der Waals surface area contributed by atoms with Crippen molar-refractivity contribution < 1.29 is 4.79 Å². The van der Waals surface area contributed by atoms with Gasteiger partial charge < -0.3 is 10.6 Å². The van der Waals surface area contributed by atoms with Gasteiger partial charge in [-0.3, -0.25) is 9.69 Å². The van der Waals surface area contributed by atoms with Crippen LogP contribution >= 0.6 is 0 Å². The Balaban J connectivity index is 2.45. The van der Waals surface area contributed by atoms with Gasteiger partial charge in [0.25, 0.3) is 0 Å². The predicted octanol–water partition coefficient (Wildman–Crippen LogP) is 0.831. The number of hydrogen-bond acceptors (Lipinski definition) is 3. The minimum absolute atomic E-state index is 0.0000217. The Bertz CT molecular complexity index is 245. The molecule has 4 nitrogen and oxygen atoms in total. The number of nitrogens with one attached hydrogen (secondary N) is 2. The summed E-state index contributed by atoms with van der Waals surface area (Å²) < 4.78 is 0. The van der Waals surface area contributed by atoms with Crippen LogP contribution in [0.1, 0.15) is 34.1 Å². The van der Waals surface area contributed by atoms with E-state index in [-0.39, 0.29) is 11.9 Å². The van der Waals surface area contributed by atoms with E-state index in [4.69, 9.17) is 0 Å². The molecule has 4 heteroatoms. The molecule has 1 aliphatic heterocycles. The molecule has 0 saturated carbocycles. The van der Waals surface area contributed by atoms with Crippen molar-refractivity contribution in [2.24, 2.45) is 5.92 Å². The lowest BCUT2D eigenvalue weighted by Gasteiger charge is -2.39. The molecule has 0 radical (unpaired) electrons. The van der Waals surface area contributed by atoms with Crippen LogP contribution in [0.2, 0.25) is 0 Å². The van der Waals surface area contributed by atoms with Crippen molar-refractivity contribution in [3.8, 4) is 0 Å². The van der Waals surface area contributed by atoms with Gasteiger partial charge in [0.2, 0.25) is 5.91 Å². The normalized spacial score (nSPS) is 27.8. The third kappa shape index (κ3) is 3.96. The summed E-state index contributed by atoms with van der Waals surface area (Å²) >= 11 is 0. The van der Waals surface area contributed by atoms with Crippen LogP contribution in [0, 0.1) is 5.92 Å². The number of carbonyl (C=O) groups excluding carboxylic acids is 1. The summed E-state index contributed by atoms with van der Waals surface area (Å²) in [6.07, 6.45) is 1.14. The lowest BCUT2D eigenvalue weighted by molar-refractivity contribution is -0.126. The number of amides is 1. The second-order valence-corrected chi connectivity index (χ2v) is 5.00. The van der Waals surface area contributed by atoms with Gasteiger partial charge in [0.05, 0.1) is 6.04 Å². The predicted molar refractivity (Wildman–Crippen MR) is 71.0 cm³/mol. The first kappa shape index (κ1) is 14.5. The van der Waals surface area contributed by atoms with Crippen LogP contribution in [0.4, 0.5) is 0 Å². The fourth-order valence-electron chi connectivity index (χ4n) is 2.58. The lowest BCUT2D eigenvalue weighted by Crippen LogP contribution is -2.54. The zero-order valence-electron chi connectivity index (χ0n) is 11.6. The molecule has 0 spiro atoms. The van der Waals surface area contributed by atoms with Gasteiger partial charge in [-0.15, -0.1) is 0 Å². The molecule has 0 aromatic carbocycles. The van der Waals surface area contributed by atoms with Gasteiger partial charge in [-0.25, -0.2) is 0 Å². The molecule has 1 aliphatic rings. The number of hydrogen-bond donors (Lipinski definition) is 2. The van der Waals surface area contributed by atoms with Gasteiger partial charge in [0, 0.05) is 25.7 Å². The molecule has 100 valence electrons. The average Bonchev–Trinajstić information content (AvgIpc) is 2.31. The van der Waals surface area contributed by atoms with Gasteiger partial charge in [0.15, 0.2) is 0 Å². The molecule has 1 amide bonds. The van der Waals surface area contributed by atoms with Crippen LogP contribution in [0.3, 0.4) is 0 Å². The summed E-state index contributed by atoms with van der Waals surface area (Å²) in [4.78, 5) is 14.1. The van der Waals surface area contributed by atoms with Crippen LogP contribution in [0.25, 0.3) is 0 Å². The van der Waals surface area contributed by atoms with Gasteiger partial charge in [-0.05, 0) is 32.7 Å². The van der Waals surface area contributed by atoms with Crippen molar-refractivity contribution in [1.82, 2.24) is 15.5 Å². The van der Waals surface area contributed by atoms with Crippen molar-refractivity contribution >= 4 is 5.91 Å². The van der Waals surface area contributed by atoms with E-state index in [9.17, 15) is 4.79 Å². The number of likely N-dealkylation sites (tertiary alicyclic amines) is 1. The Morgan fingerprint density at radius 1 is 1.41 bits per heavy atom. The van der Waals surface area contributed by atoms with Gasteiger partial charge in [-0.1, -0.05) is 13.8 Å². The first-order valence-electron chi connectivity index (χ1n) is 6.85. The molecule has 3 unspecified atom stereocenters. The van der Waals surface area contributed by atoms with E-state index in [0.717, 1.165) is 26.1 Å². The molecule has 3 atom stereocenters. The van der Waals surface area contributed by atoms with Crippen LogP contribution in [-0.4, -0.2) is 49.1 Å². The maximum atomic E-state index is 11.8. The highest BCUT2D eigenvalue weighted by atomic mass is 16.2. The maximum Gasteiger partial charge on any atom is 0.237 e. The Kier molecular flexibility index (Phi) is 5.92. The molecule has 0 aromatic rings. The van der Waals surface area contributed by atoms with Crippen LogP contribution in [-0.2, 0) is 4.79 Å². The Labute approximate surface area is 105 Å². The molecule has 1 saturated heterocycles. The van der Waals surface area contributed by atoms with E-state index in [2.05, 4.69) is 29.4 Å². The molecule has 1 rings (SSSR count). The zero-order chi connectivity index (χ0) is 12.8. The Morgan fingerprint density at radius 2 is 2.12 bits per heavy atom. The molecule has 1 heterocycles. The van der Waals surface area contributed by atoms with E-state index < -0.39 is 0 Å². The second-order valence-electron chi connectivity index (χ2n) is 5.00. The van der Waals surface area contributed by atoms with Crippen molar-refractivity contribution in [2.45, 2.75) is 46.2 Å². The summed E-state index contributed by atoms with van der Waals surface area (Å²) in [5, 5.41) is 6.42. The van der Waals surface area contributed by atoms with E-state index in [0.29, 0.717) is 18.5 Å². The second kappa shape index (κ2) is 6.97. The first-order valence-corrected chi connectivity index (χ1v) is 6.85. The van der Waals surface area contributed by atoms with Gasteiger partial charge in [0.1, 0.15) is 0 Å². The molecule has 1 fully saturated rings. The number of carbonyl (C=O) groups is 1. The standard InChI is InChI=1S/C13H27N3O/c1-5-14-12-7-8-16(9-10(12)3)11(4)13(17)15-6-2/h10-12,14H,5-9H2,1-4H3,(H,15,17). The third-order valence-corrected chi connectivity index (χ3v) is 3.68. The Hall–Kier alpha value is -0.610. The largest absolute Gasteiger partial charge is 0.355 e. The van der Waals surface area contributed by atoms with E-state index >= 15 is 0 Å². The number of likely N-dealkylation sites (N-methyl/N-ethyl adjacent to an activating group) is 1. The third-order valence-electron chi connectivity index (χ3n) is 3.68. The zero-order valence-corrected chi connectivity index (χ0v) is 11.6. The maximum absolute atomic E-state index is 11.8. The fourth-order valence-corrected chi connectivity index (χ4v) is 2.58. The highest BCUT2D eigenvalue weighted by Gasteiger charge is 2.30. The molecule has 17 heavy (non-hydrogen) atoms. The summed E-state index contributed by atoms with van der Waals surface area (Å²) in [7, 11) is 0. The Morgan fingerprint density at radius 3 is 2.65 bits per heavy atom. The molecule has 0 bridgehead atoms. The molecule has 0 aliphatic carbocycles. The quantitative estimate of drug-likeness (QED) is 0.749. The van der Waals surface area contributed by atoms with E-state index in [1.165, 1.54) is 0 Å². The van der Waals surface area contributed by atoms with Crippen molar-refractivity contribution in [3.63, 3.8) is 0 Å². The SMILES string of the molecule is CCNC(=O)C(C)N1CCC(NCC)C(C)C1. The highest BCUT2D eigenvalue weighted by Crippen LogP contribution is 2.18. The monoisotopic (exact) mass is 241 g/mol. The van der Waals surface area contributed by atoms with Crippen molar-refractivity contribution in [1.29, 1.82) is 0 Å². The highest BCUT2D eigenvalue weighted by molar-refractivity contribution is 5.81. The topological polar surface area (TPSA) is 44.4 Å².